The Labute approximate surface area is 127 Å². The zero-order valence-electron chi connectivity index (χ0n) is 12.3. The molecule has 0 atom stereocenters. The Morgan fingerprint density at radius 2 is 1.57 bits per heavy atom. The summed E-state index contributed by atoms with van der Waals surface area (Å²) in [6.07, 6.45) is 1.09. The van der Waals surface area contributed by atoms with Crippen LogP contribution < -0.4 is 9.44 Å². The van der Waals surface area contributed by atoms with Gasteiger partial charge >= 0.3 is 0 Å². The molecule has 0 spiro atoms. The van der Waals surface area contributed by atoms with Gasteiger partial charge < -0.3 is 0 Å². The molecule has 0 fully saturated rings. The van der Waals surface area contributed by atoms with Gasteiger partial charge in [0.15, 0.2) is 0 Å². The molecule has 0 aromatic heterocycles. The van der Waals surface area contributed by atoms with E-state index in [1.54, 1.807) is 19.1 Å². The van der Waals surface area contributed by atoms with Crippen molar-refractivity contribution in [2.45, 2.75) is 31.6 Å². The van der Waals surface area contributed by atoms with Gasteiger partial charge in [-0.15, -0.1) is 0 Å². The first-order chi connectivity index (χ1) is 9.80. The van der Waals surface area contributed by atoms with Gasteiger partial charge in [-0.1, -0.05) is 26.0 Å². The van der Waals surface area contributed by atoms with Crippen LogP contribution in [-0.2, 0) is 26.5 Å². The van der Waals surface area contributed by atoms with Gasteiger partial charge in [0.25, 0.3) is 0 Å². The van der Waals surface area contributed by atoms with Gasteiger partial charge in [-0.05, 0) is 30.5 Å². The molecule has 120 valence electrons. The summed E-state index contributed by atoms with van der Waals surface area (Å²) in [4.78, 5) is 0.208. The third-order valence-corrected chi connectivity index (χ3v) is 5.93. The molecule has 0 aliphatic heterocycles. The summed E-state index contributed by atoms with van der Waals surface area (Å²) in [6.45, 7) is 4.17. The Morgan fingerprint density at radius 1 is 0.952 bits per heavy atom. The second-order valence-corrected chi connectivity index (χ2v) is 8.30. The van der Waals surface area contributed by atoms with Crippen molar-refractivity contribution >= 4 is 20.0 Å². The normalized spacial score (nSPS) is 12.5. The Hall–Kier alpha value is -0.960. The zero-order chi connectivity index (χ0) is 15.9. The van der Waals surface area contributed by atoms with E-state index in [0.717, 1.165) is 5.56 Å². The molecule has 6 nitrogen and oxygen atoms in total. The maximum Gasteiger partial charge on any atom is 0.240 e. The van der Waals surface area contributed by atoms with Crippen LogP contribution in [0, 0.1) is 0 Å². The number of nitrogens with one attached hydrogen (secondary N) is 2. The summed E-state index contributed by atoms with van der Waals surface area (Å²) in [6, 6.07) is 6.43. The van der Waals surface area contributed by atoms with Crippen LogP contribution in [0.5, 0.6) is 0 Å². The third kappa shape index (κ3) is 6.13. The second kappa shape index (κ2) is 7.88. The van der Waals surface area contributed by atoms with Crippen molar-refractivity contribution < 1.29 is 16.8 Å². The van der Waals surface area contributed by atoms with Gasteiger partial charge in [-0.2, -0.15) is 0 Å². The first-order valence-corrected chi connectivity index (χ1v) is 10.00. The molecule has 0 heterocycles. The molecule has 0 saturated carbocycles. The molecule has 0 unspecified atom stereocenters. The molecule has 1 rings (SSSR count). The van der Waals surface area contributed by atoms with Gasteiger partial charge in [0.05, 0.1) is 10.6 Å². The van der Waals surface area contributed by atoms with E-state index in [0.29, 0.717) is 25.9 Å². The maximum atomic E-state index is 11.8. The average molecular weight is 334 g/mol. The Morgan fingerprint density at radius 3 is 2.10 bits per heavy atom. The number of hydrogen-bond acceptors (Lipinski definition) is 4. The second-order valence-electron chi connectivity index (χ2n) is 4.61. The highest BCUT2D eigenvalue weighted by Gasteiger charge is 2.12. The summed E-state index contributed by atoms with van der Waals surface area (Å²) < 4.78 is 51.4. The Balaban J connectivity index is 2.60. The van der Waals surface area contributed by atoms with Crippen molar-refractivity contribution in [3.8, 4) is 0 Å². The van der Waals surface area contributed by atoms with E-state index in [9.17, 15) is 16.8 Å². The van der Waals surface area contributed by atoms with Crippen molar-refractivity contribution in [2.75, 3.05) is 18.8 Å². The monoisotopic (exact) mass is 334 g/mol. The first-order valence-electron chi connectivity index (χ1n) is 6.86. The van der Waals surface area contributed by atoms with Crippen LogP contribution in [0.15, 0.2) is 29.2 Å². The van der Waals surface area contributed by atoms with Gasteiger partial charge in [-0.25, -0.2) is 26.3 Å². The molecule has 0 saturated heterocycles. The zero-order valence-corrected chi connectivity index (χ0v) is 13.9. The Bertz CT molecular complexity index is 637. The van der Waals surface area contributed by atoms with Crippen LogP contribution in [0.25, 0.3) is 0 Å². The predicted octanol–water partition coefficient (Wildman–Crippen LogP) is 0.857. The van der Waals surface area contributed by atoms with Crippen LogP contribution in [0.2, 0.25) is 0 Å². The number of sulfonamides is 2. The van der Waals surface area contributed by atoms with E-state index >= 15 is 0 Å². The molecule has 1 aromatic rings. The van der Waals surface area contributed by atoms with E-state index in [1.165, 1.54) is 12.1 Å². The van der Waals surface area contributed by atoms with Crippen LogP contribution in [0.3, 0.4) is 0 Å². The summed E-state index contributed by atoms with van der Waals surface area (Å²) in [7, 11) is -6.64. The molecular formula is C13H22N2O4S2. The van der Waals surface area contributed by atoms with E-state index < -0.39 is 20.0 Å². The quantitative estimate of drug-likeness (QED) is 0.700. The predicted molar refractivity (Wildman–Crippen MR) is 83.1 cm³/mol. The molecule has 0 aliphatic rings. The largest absolute Gasteiger partial charge is 0.240 e. The van der Waals surface area contributed by atoms with Crippen LogP contribution >= 0.6 is 0 Å². The van der Waals surface area contributed by atoms with E-state index in [4.69, 9.17) is 0 Å². The van der Waals surface area contributed by atoms with Gasteiger partial charge in [0.1, 0.15) is 0 Å². The minimum Gasteiger partial charge on any atom is -0.215 e. The molecule has 0 radical (unpaired) electrons. The smallest absolute Gasteiger partial charge is 0.215 e. The lowest BCUT2D eigenvalue weighted by molar-refractivity contribution is 0.580. The fourth-order valence-corrected chi connectivity index (χ4v) is 3.94. The highest BCUT2D eigenvalue weighted by atomic mass is 32.2. The molecular weight excluding hydrogens is 312 g/mol. The van der Waals surface area contributed by atoms with Crippen LogP contribution in [-0.4, -0.2) is 35.7 Å². The SMILES string of the molecule is CCCS(=O)(=O)NCCc1ccc(S(=O)(=O)NCC)cc1. The fourth-order valence-electron chi connectivity index (χ4n) is 1.80. The summed E-state index contributed by atoms with van der Waals surface area (Å²) >= 11 is 0. The molecule has 0 aliphatic carbocycles. The van der Waals surface area contributed by atoms with Crippen molar-refractivity contribution in [2.24, 2.45) is 0 Å². The topological polar surface area (TPSA) is 92.3 Å². The number of benzene rings is 1. The standard InChI is InChI=1S/C13H22N2O4S2/c1-3-11-20(16,17)15-10-9-12-5-7-13(8-6-12)21(18,19)14-4-2/h5-8,14-15H,3-4,9-11H2,1-2H3. The first kappa shape index (κ1) is 18.1. The molecule has 0 bridgehead atoms. The highest BCUT2D eigenvalue weighted by molar-refractivity contribution is 7.89. The van der Waals surface area contributed by atoms with Gasteiger partial charge in [-0.3, -0.25) is 0 Å². The van der Waals surface area contributed by atoms with Crippen molar-refractivity contribution in [1.29, 1.82) is 0 Å². The number of hydrogen-bond donors (Lipinski definition) is 2. The van der Waals surface area contributed by atoms with Crippen LogP contribution in [0.1, 0.15) is 25.8 Å². The van der Waals surface area contributed by atoms with E-state index in [-0.39, 0.29) is 10.6 Å². The van der Waals surface area contributed by atoms with E-state index in [2.05, 4.69) is 9.44 Å². The minimum atomic E-state index is -3.44. The lowest BCUT2D eigenvalue weighted by Crippen LogP contribution is -2.28. The number of rotatable bonds is 9. The minimum absolute atomic E-state index is 0.118. The summed E-state index contributed by atoms with van der Waals surface area (Å²) in [5.41, 5.74) is 0.879. The van der Waals surface area contributed by atoms with Crippen molar-refractivity contribution in [3.05, 3.63) is 29.8 Å². The van der Waals surface area contributed by atoms with Crippen LogP contribution in [0.4, 0.5) is 0 Å². The molecule has 1 aromatic carbocycles. The third-order valence-electron chi connectivity index (χ3n) is 2.78. The van der Waals surface area contributed by atoms with Crippen molar-refractivity contribution in [1.82, 2.24) is 9.44 Å². The fraction of sp³-hybridized carbons (Fsp3) is 0.538. The van der Waals surface area contributed by atoms with Gasteiger partial charge in [0, 0.05) is 13.1 Å². The Kier molecular flexibility index (Phi) is 6.79. The molecule has 21 heavy (non-hydrogen) atoms. The lowest BCUT2D eigenvalue weighted by atomic mass is 10.2. The molecule has 0 amide bonds. The summed E-state index contributed by atoms with van der Waals surface area (Å²) in [5.74, 6) is 0.118. The average Bonchev–Trinajstić information content (AvgIpc) is 2.39. The summed E-state index contributed by atoms with van der Waals surface area (Å²) in [5, 5.41) is 0. The van der Waals surface area contributed by atoms with Gasteiger partial charge in [0.2, 0.25) is 20.0 Å². The van der Waals surface area contributed by atoms with E-state index in [1.807, 2.05) is 6.92 Å². The maximum absolute atomic E-state index is 11.8. The van der Waals surface area contributed by atoms with Crippen molar-refractivity contribution in [3.63, 3.8) is 0 Å². The molecule has 8 heteroatoms. The highest BCUT2D eigenvalue weighted by Crippen LogP contribution is 2.10. The molecule has 2 N–H and O–H groups in total. The lowest BCUT2D eigenvalue weighted by Gasteiger charge is -2.07.